The number of nitrogens with one attached hydrogen (secondary N) is 1. The third kappa shape index (κ3) is 4.37. The van der Waals surface area contributed by atoms with Crippen LogP contribution in [0, 0.1) is 6.92 Å². The van der Waals surface area contributed by atoms with Gasteiger partial charge in [-0.05, 0) is 6.92 Å². The molecule has 1 amide bonds. The number of carbonyl (C=O) groups excluding carboxylic acids is 1. The minimum absolute atomic E-state index is 0.0679. The molecule has 3 N–H and O–H groups in total. The highest BCUT2D eigenvalue weighted by molar-refractivity contribution is 7.09. The van der Waals surface area contributed by atoms with Crippen molar-refractivity contribution < 1.29 is 15.0 Å². The number of aromatic nitrogens is 1. The quantitative estimate of drug-likeness (QED) is 0.634. The predicted octanol–water partition coefficient (Wildman–Crippen LogP) is -0.537. The van der Waals surface area contributed by atoms with Crippen LogP contribution >= 0.6 is 11.3 Å². The summed E-state index contributed by atoms with van der Waals surface area (Å²) in [6, 6.07) is 0. The largest absolute Gasteiger partial charge is 0.394 e. The van der Waals surface area contributed by atoms with E-state index < -0.39 is 6.10 Å². The normalized spacial score (nSPS) is 12.5. The molecule has 1 heterocycles. The number of amides is 1. The van der Waals surface area contributed by atoms with Gasteiger partial charge in [-0.1, -0.05) is 0 Å². The van der Waals surface area contributed by atoms with Gasteiger partial charge in [0.1, 0.15) is 0 Å². The predicted molar refractivity (Wildman–Crippen MR) is 56.7 cm³/mol. The third-order valence-corrected chi connectivity index (χ3v) is 2.58. The fourth-order valence-electron chi connectivity index (χ4n) is 1.01. The molecule has 0 aliphatic heterocycles. The lowest BCUT2D eigenvalue weighted by molar-refractivity contribution is -0.121. The summed E-state index contributed by atoms with van der Waals surface area (Å²) in [5.74, 6) is -0.201. The molecular weight excluding hydrogens is 216 g/mol. The number of carbonyl (C=O) groups is 1. The van der Waals surface area contributed by atoms with Gasteiger partial charge >= 0.3 is 0 Å². The molecule has 0 saturated heterocycles. The first-order valence-corrected chi connectivity index (χ1v) is 5.46. The van der Waals surface area contributed by atoms with E-state index in [0.717, 1.165) is 10.7 Å². The molecule has 0 fully saturated rings. The molecule has 84 valence electrons. The molecule has 5 nitrogen and oxygen atoms in total. The minimum Gasteiger partial charge on any atom is -0.394 e. The smallest absolute Gasteiger partial charge is 0.226 e. The molecule has 0 bridgehead atoms. The molecule has 1 atom stereocenters. The summed E-state index contributed by atoms with van der Waals surface area (Å²) in [5, 5.41) is 22.8. The first kappa shape index (κ1) is 12.1. The molecule has 0 aliphatic rings. The SMILES string of the molecule is Cc1nc(CC(=O)NCC(O)CO)cs1. The molecule has 0 saturated carbocycles. The number of aliphatic hydroxyl groups is 2. The van der Waals surface area contributed by atoms with Crippen LogP contribution in [0.2, 0.25) is 0 Å². The number of nitrogens with zero attached hydrogens (tertiary/aromatic N) is 1. The summed E-state index contributed by atoms with van der Waals surface area (Å²) >= 11 is 1.49. The van der Waals surface area contributed by atoms with Gasteiger partial charge in [-0.3, -0.25) is 4.79 Å². The Morgan fingerprint density at radius 3 is 3.00 bits per heavy atom. The Morgan fingerprint density at radius 1 is 1.73 bits per heavy atom. The van der Waals surface area contributed by atoms with Crippen LogP contribution in [0.4, 0.5) is 0 Å². The zero-order valence-electron chi connectivity index (χ0n) is 8.43. The summed E-state index contributed by atoms with van der Waals surface area (Å²) in [5.41, 5.74) is 0.730. The van der Waals surface area contributed by atoms with Crippen LogP contribution < -0.4 is 5.32 Å². The van der Waals surface area contributed by atoms with Crippen LogP contribution in [-0.4, -0.2) is 40.4 Å². The first-order chi connectivity index (χ1) is 7.11. The summed E-state index contributed by atoms with van der Waals surface area (Å²) in [6.07, 6.45) is -0.686. The van der Waals surface area contributed by atoms with Crippen molar-refractivity contribution in [3.8, 4) is 0 Å². The molecule has 1 unspecified atom stereocenters. The van der Waals surface area contributed by atoms with E-state index >= 15 is 0 Å². The van der Waals surface area contributed by atoms with E-state index in [0.29, 0.717) is 0 Å². The number of aryl methyl sites for hydroxylation is 1. The molecule has 0 spiro atoms. The molecule has 1 aromatic heterocycles. The molecule has 0 aromatic carbocycles. The van der Waals surface area contributed by atoms with Crippen LogP contribution in [0.3, 0.4) is 0 Å². The van der Waals surface area contributed by atoms with Crippen molar-refractivity contribution in [1.82, 2.24) is 10.3 Å². The van der Waals surface area contributed by atoms with Crippen LogP contribution in [-0.2, 0) is 11.2 Å². The van der Waals surface area contributed by atoms with Crippen LogP contribution in [0.1, 0.15) is 10.7 Å². The topological polar surface area (TPSA) is 82.5 Å². The number of hydrogen-bond donors (Lipinski definition) is 3. The Hall–Kier alpha value is -0.980. The van der Waals surface area contributed by atoms with Gasteiger partial charge in [0.2, 0.25) is 5.91 Å². The van der Waals surface area contributed by atoms with Crippen LogP contribution in [0.25, 0.3) is 0 Å². The van der Waals surface area contributed by atoms with E-state index in [9.17, 15) is 4.79 Å². The Bertz CT molecular complexity index is 327. The summed E-state index contributed by atoms with van der Waals surface area (Å²) in [7, 11) is 0. The first-order valence-electron chi connectivity index (χ1n) is 4.58. The van der Waals surface area contributed by atoms with Crippen LogP contribution in [0.15, 0.2) is 5.38 Å². The van der Waals surface area contributed by atoms with E-state index in [4.69, 9.17) is 10.2 Å². The zero-order chi connectivity index (χ0) is 11.3. The number of thiazole rings is 1. The summed E-state index contributed by atoms with van der Waals surface area (Å²) in [6.45, 7) is 1.59. The highest BCUT2D eigenvalue weighted by Gasteiger charge is 2.08. The van der Waals surface area contributed by atoms with Gasteiger partial charge in [-0.25, -0.2) is 4.98 Å². The lowest BCUT2D eigenvalue weighted by atomic mass is 10.3. The monoisotopic (exact) mass is 230 g/mol. The lowest BCUT2D eigenvalue weighted by Crippen LogP contribution is -2.34. The Kier molecular flexibility index (Phi) is 4.67. The second kappa shape index (κ2) is 5.79. The second-order valence-electron chi connectivity index (χ2n) is 3.18. The van der Waals surface area contributed by atoms with Crippen molar-refractivity contribution >= 4 is 17.2 Å². The van der Waals surface area contributed by atoms with Gasteiger partial charge in [-0.15, -0.1) is 11.3 Å². The standard InChI is InChI=1S/C9H14N2O3S/c1-6-11-7(5-15-6)2-9(14)10-3-8(13)4-12/h5,8,12-13H,2-4H2,1H3,(H,10,14). The maximum Gasteiger partial charge on any atom is 0.226 e. The van der Waals surface area contributed by atoms with Crippen molar-refractivity contribution in [2.75, 3.05) is 13.2 Å². The Morgan fingerprint density at radius 2 is 2.47 bits per heavy atom. The van der Waals surface area contributed by atoms with Crippen molar-refractivity contribution in [2.24, 2.45) is 0 Å². The number of aliphatic hydroxyl groups excluding tert-OH is 2. The van der Waals surface area contributed by atoms with Crippen molar-refractivity contribution in [3.05, 3.63) is 16.1 Å². The highest BCUT2D eigenvalue weighted by Crippen LogP contribution is 2.07. The van der Waals surface area contributed by atoms with Gasteiger partial charge in [0.05, 0.1) is 29.8 Å². The van der Waals surface area contributed by atoms with Gasteiger partial charge in [-0.2, -0.15) is 0 Å². The second-order valence-corrected chi connectivity index (χ2v) is 4.24. The van der Waals surface area contributed by atoms with Gasteiger partial charge in [0.25, 0.3) is 0 Å². The fourth-order valence-corrected chi connectivity index (χ4v) is 1.63. The van der Waals surface area contributed by atoms with E-state index in [1.807, 2.05) is 12.3 Å². The number of rotatable bonds is 5. The summed E-state index contributed by atoms with van der Waals surface area (Å²) in [4.78, 5) is 15.4. The number of hydrogen-bond acceptors (Lipinski definition) is 5. The fraction of sp³-hybridized carbons (Fsp3) is 0.556. The molecule has 0 radical (unpaired) electrons. The Labute approximate surface area is 91.8 Å². The van der Waals surface area contributed by atoms with Gasteiger partial charge in [0, 0.05) is 11.9 Å². The summed E-state index contributed by atoms with van der Waals surface area (Å²) < 4.78 is 0. The van der Waals surface area contributed by atoms with E-state index in [2.05, 4.69) is 10.3 Å². The highest BCUT2D eigenvalue weighted by atomic mass is 32.1. The molecule has 1 rings (SSSR count). The van der Waals surface area contributed by atoms with Crippen LogP contribution in [0.5, 0.6) is 0 Å². The molecule has 0 aliphatic carbocycles. The van der Waals surface area contributed by atoms with E-state index in [1.54, 1.807) is 0 Å². The molecule has 1 aromatic rings. The zero-order valence-corrected chi connectivity index (χ0v) is 9.25. The maximum atomic E-state index is 11.3. The molecular formula is C9H14N2O3S. The molecule has 15 heavy (non-hydrogen) atoms. The minimum atomic E-state index is -0.897. The van der Waals surface area contributed by atoms with Crippen molar-refractivity contribution in [1.29, 1.82) is 0 Å². The average Bonchev–Trinajstić information content (AvgIpc) is 2.60. The van der Waals surface area contributed by atoms with Crippen molar-refractivity contribution in [2.45, 2.75) is 19.4 Å². The van der Waals surface area contributed by atoms with Gasteiger partial charge < -0.3 is 15.5 Å². The third-order valence-electron chi connectivity index (χ3n) is 1.75. The Balaban J connectivity index is 2.30. The molecule has 6 heteroatoms. The van der Waals surface area contributed by atoms with E-state index in [1.165, 1.54) is 11.3 Å². The van der Waals surface area contributed by atoms with Crippen molar-refractivity contribution in [3.63, 3.8) is 0 Å². The lowest BCUT2D eigenvalue weighted by Gasteiger charge is -2.07. The van der Waals surface area contributed by atoms with Gasteiger partial charge in [0.15, 0.2) is 0 Å². The average molecular weight is 230 g/mol. The van der Waals surface area contributed by atoms with E-state index in [-0.39, 0.29) is 25.5 Å². The maximum absolute atomic E-state index is 11.3.